The summed E-state index contributed by atoms with van der Waals surface area (Å²) in [4.78, 5) is 37.2. The molecular weight excluding hydrogens is 440 g/mol. The zero-order valence-electron chi connectivity index (χ0n) is 22.9. The van der Waals surface area contributed by atoms with Crippen LogP contribution in [-0.2, 0) is 9.59 Å². The van der Waals surface area contributed by atoms with Gasteiger partial charge in [-0.1, -0.05) is 33.8 Å². The second kappa shape index (κ2) is 15.1. The standard InChI is InChI=1S/C27H48N6O2/c1-7-29(8-2)14-16-33(17-15-30(9-3)10-4)27(35)26(34)28-24-12-11-13-25(22-24)32-20-18-31(19-21-32)23(5)6/h11-13,22-23H,7-10,14-21H2,1-6H3,(H,28,34). The number of carbonyl (C=O) groups excluding carboxylic acids is 2. The lowest BCUT2D eigenvalue weighted by Gasteiger charge is -2.38. The number of piperazine rings is 1. The quantitative estimate of drug-likeness (QED) is 0.431. The zero-order chi connectivity index (χ0) is 25.8. The average molecular weight is 489 g/mol. The molecule has 8 nitrogen and oxygen atoms in total. The van der Waals surface area contributed by atoms with E-state index in [0.717, 1.165) is 71.1 Å². The summed E-state index contributed by atoms with van der Waals surface area (Å²) in [5.74, 6) is -1.02. The molecule has 0 saturated carbocycles. The maximum absolute atomic E-state index is 13.2. The van der Waals surface area contributed by atoms with E-state index in [1.807, 2.05) is 18.2 Å². The highest BCUT2D eigenvalue weighted by Gasteiger charge is 2.24. The molecule has 1 aromatic rings. The molecule has 1 aliphatic heterocycles. The number of carbonyl (C=O) groups is 2. The fourth-order valence-electron chi connectivity index (χ4n) is 4.52. The number of hydrogen-bond donors (Lipinski definition) is 1. The van der Waals surface area contributed by atoms with E-state index in [1.54, 1.807) is 4.90 Å². The van der Waals surface area contributed by atoms with E-state index >= 15 is 0 Å². The minimum atomic E-state index is -0.564. The van der Waals surface area contributed by atoms with Crippen LogP contribution in [-0.4, -0.2) is 116 Å². The number of amides is 2. The summed E-state index contributed by atoms with van der Waals surface area (Å²) in [6.45, 7) is 23.3. The zero-order valence-corrected chi connectivity index (χ0v) is 22.9. The predicted octanol–water partition coefficient (Wildman–Crippen LogP) is 2.67. The van der Waals surface area contributed by atoms with Crippen molar-refractivity contribution in [3.8, 4) is 0 Å². The van der Waals surface area contributed by atoms with Crippen LogP contribution >= 0.6 is 0 Å². The summed E-state index contributed by atoms with van der Waals surface area (Å²) in [7, 11) is 0. The summed E-state index contributed by atoms with van der Waals surface area (Å²) >= 11 is 0. The van der Waals surface area contributed by atoms with Gasteiger partial charge in [-0.05, 0) is 58.2 Å². The fourth-order valence-corrected chi connectivity index (χ4v) is 4.52. The van der Waals surface area contributed by atoms with E-state index in [1.165, 1.54) is 0 Å². The van der Waals surface area contributed by atoms with Crippen molar-refractivity contribution in [2.75, 3.05) is 88.8 Å². The Labute approximate surface area is 213 Å². The molecular formula is C27H48N6O2. The number of rotatable bonds is 13. The van der Waals surface area contributed by atoms with Gasteiger partial charge in [0.2, 0.25) is 0 Å². The Morgan fingerprint density at radius 2 is 1.40 bits per heavy atom. The summed E-state index contributed by atoms with van der Waals surface area (Å²) in [5.41, 5.74) is 1.75. The third kappa shape index (κ3) is 9.09. The van der Waals surface area contributed by atoms with Gasteiger partial charge in [0.25, 0.3) is 0 Å². The van der Waals surface area contributed by atoms with Gasteiger partial charge in [-0.3, -0.25) is 14.5 Å². The Balaban J connectivity index is 2.03. The molecule has 35 heavy (non-hydrogen) atoms. The average Bonchev–Trinajstić information content (AvgIpc) is 2.88. The molecule has 1 fully saturated rings. The molecule has 8 heteroatoms. The molecule has 2 rings (SSSR count). The largest absolute Gasteiger partial charge is 0.369 e. The Morgan fingerprint density at radius 1 is 0.857 bits per heavy atom. The number of likely N-dealkylation sites (N-methyl/N-ethyl adjacent to an activating group) is 2. The summed E-state index contributed by atoms with van der Waals surface area (Å²) in [6, 6.07) is 8.41. The van der Waals surface area contributed by atoms with Gasteiger partial charge in [0.1, 0.15) is 0 Å². The fraction of sp³-hybridized carbons (Fsp3) is 0.704. The Hall–Kier alpha value is -2.16. The van der Waals surface area contributed by atoms with Gasteiger partial charge >= 0.3 is 11.8 Å². The van der Waals surface area contributed by atoms with Crippen LogP contribution < -0.4 is 10.2 Å². The van der Waals surface area contributed by atoms with E-state index in [-0.39, 0.29) is 0 Å². The number of benzene rings is 1. The normalized spacial score (nSPS) is 14.7. The van der Waals surface area contributed by atoms with Gasteiger partial charge in [0.05, 0.1) is 0 Å². The summed E-state index contributed by atoms with van der Waals surface area (Å²) in [5, 5.41) is 2.87. The Morgan fingerprint density at radius 3 is 1.89 bits per heavy atom. The molecule has 1 heterocycles. The Kier molecular flexibility index (Phi) is 12.5. The lowest BCUT2D eigenvalue weighted by atomic mass is 10.2. The van der Waals surface area contributed by atoms with Gasteiger partial charge in [-0.15, -0.1) is 0 Å². The highest BCUT2D eigenvalue weighted by atomic mass is 16.2. The smallest absolute Gasteiger partial charge is 0.313 e. The third-order valence-electron chi connectivity index (χ3n) is 7.16. The highest BCUT2D eigenvalue weighted by molar-refractivity contribution is 6.39. The minimum absolute atomic E-state index is 0.458. The van der Waals surface area contributed by atoms with E-state index in [9.17, 15) is 9.59 Å². The van der Waals surface area contributed by atoms with Crippen LogP contribution in [0.15, 0.2) is 24.3 Å². The second-order valence-electron chi connectivity index (χ2n) is 9.47. The van der Waals surface area contributed by atoms with Gasteiger partial charge in [-0.2, -0.15) is 0 Å². The molecule has 0 bridgehead atoms. The van der Waals surface area contributed by atoms with Crippen molar-refractivity contribution in [2.45, 2.75) is 47.6 Å². The maximum atomic E-state index is 13.2. The molecule has 0 unspecified atom stereocenters. The van der Waals surface area contributed by atoms with Crippen LogP contribution in [0.2, 0.25) is 0 Å². The number of nitrogens with one attached hydrogen (secondary N) is 1. The Bertz CT molecular complexity index is 755. The minimum Gasteiger partial charge on any atom is -0.369 e. The van der Waals surface area contributed by atoms with Crippen LogP contribution in [0, 0.1) is 0 Å². The first-order valence-corrected chi connectivity index (χ1v) is 13.5. The monoisotopic (exact) mass is 488 g/mol. The molecule has 0 radical (unpaired) electrons. The van der Waals surface area contributed by atoms with Crippen molar-refractivity contribution in [3.63, 3.8) is 0 Å². The maximum Gasteiger partial charge on any atom is 0.313 e. The third-order valence-corrected chi connectivity index (χ3v) is 7.16. The molecule has 1 aliphatic rings. The SMILES string of the molecule is CCN(CC)CCN(CCN(CC)CC)C(=O)C(=O)Nc1cccc(N2CCN(C(C)C)CC2)c1. The van der Waals surface area contributed by atoms with E-state index in [0.29, 0.717) is 24.8 Å². The van der Waals surface area contributed by atoms with E-state index < -0.39 is 11.8 Å². The van der Waals surface area contributed by atoms with Gasteiger partial charge in [-0.25, -0.2) is 0 Å². The number of nitrogens with zero attached hydrogens (tertiary/aromatic N) is 5. The van der Waals surface area contributed by atoms with Crippen LogP contribution in [0.4, 0.5) is 11.4 Å². The van der Waals surface area contributed by atoms with Crippen molar-refractivity contribution in [1.82, 2.24) is 19.6 Å². The van der Waals surface area contributed by atoms with Gasteiger partial charge < -0.3 is 24.9 Å². The number of hydrogen-bond acceptors (Lipinski definition) is 6. The van der Waals surface area contributed by atoms with E-state index in [4.69, 9.17) is 0 Å². The summed E-state index contributed by atoms with van der Waals surface area (Å²) < 4.78 is 0. The predicted molar refractivity (Wildman–Crippen MR) is 146 cm³/mol. The van der Waals surface area contributed by atoms with Crippen molar-refractivity contribution in [1.29, 1.82) is 0 Å². The number of anilines is 2. The van der Waals surface area contributed by atoms with Gasteiger partial charge in [0, 0.05) is 69.8 Å². The van der Waals surface area contributed by atoms with Crippen molar-refractivity contribution < 1.29 is 9.59 Å². The summed E-state index contributed by atoms with van der Waals surface area (Å²) in [6.07, 6.45) is 0. The molecule has 0 spiro atoms. The first-order valence-electron chi connectivity index (χ1n) is 13.5. The molecule has 0 aromatic heterocycles. The van der Waals surface area contributed by atoms with Crippen LogP contribution in [0.5, 0.6) is 0 Å². The van der Waals surface area contributed by atoms with Crippen molar-refractivity contribution in [3.05, 3.63) is 24.3 Å². The van der Waals surface area contributed by atoms with Crippen molar-refractivity contribution >= 4 is 23.2 Å². The lowest BCUT2D eigenvalue weighted by Crippen LogP contribution is -2.49. The van der Waals surface area contributed by atoms with Crippen LogP contribution in [0.3, 0.4) is 0 Å². The second-order valence-corrected chi connectivity index (χ2v) is 9.47. The highest BCUT2D eigenvalue weighted by Crippen LogP contribution is 2.21. The lowest BCUT2D eigenvalue weighted by molar-refractivity contribution is -0.143. The molecule has 198 valence electrons. The molecule has 1 aromatic carbocycles. The molecule has 1 saturated heterocycles. The molecule has 1 N–H and O–H groups in total. The first kappa shape index (κ1) is 29.1. The van der Waals surface area contributed by atoms with E-state index in [2.05, 4.69) is 72.5 Å². The van der Waals surface area contributed by atoms with Gasteiger partial charge in [0.15, 0.2) is 0 Å². The molecule has 2 amide bonds. The van der Waals surface area contributed by atoms with Crippen molar-refractivity contribution in [2.24, 2.45) is 0 Å². The van der Waals surface area contributed by atoms with Crippen LogP contribution in [0.1, 0.15) is 41.5 Å². The van der Waals surface area contributed by atoms with Crippen LogP contribution in [0.25, 0.3) is 0 Å². The topological polar surface area (TPSA) is 62.4 Å². The molecule has 0 atom stereocenters. The molecule has 0 aliphatic carbocycles. The first-order chi connectivity index (χ1) is 16.8.